The summed E-state index contributed by atoms with van der Waals surface area (Å²) in [5, 5.41) is 10.6. The molecule has 1 aliphatic heterocycles. The minimum atomic E-state index is -1.64. The third-order valence-corrected chi connectivity index (χ3v) is 3.88. The number of rotatable bonds is 2. The maximum absolute atomic E-state index is 12.5. The smallest absolute Gasteiger partial charge is 0.254 e. The van der Waals surface area contributed by atoms with Crippen molar-refractivity contribution in [2.75, 3.05) is 13.1 Å². The number of hydrogen-bond donors (Lipinski definition) is 2. The highest BCUT2D eigenvalue weighted by atomic mass is 35.5. The minimum Gasteiger partial charge on any atom is -0.378 e. The number of likely N-dealkylation sites (tertiary alicyclic amines) is 1. The van der Waals surface area contributed by atoms with Crippen molar-refractivity contribution in [3.63, 3.8) is 0 Å². The van der Waals surface area contributed by atoms with E-state index in [-0.39, 0.29) is 18.9 Å². The van der Waals surface area contributed by atoms with Gasteiger partial charge < -0.3 is 15.7 Å². The van der Waals surface area contributed by atoms with Crippen molar-refractivity contribution in [3.8, 4) is 0 Å². The number of carbonyl (C=O) groups is 2. The number of nitrogens with two attached hydrogens (primary N) is 1. The summed E-state index contributed by atoms with van der Waals surface area (Å²) in [4.78, 5) is 25.3. The third kappa shape index (κ3) is 2.78. The zero-order valence-corrected chi connectivity index (χ0v) is 12.0. The highest BCUT2D eigenvalue weighted by molar-refractivity contribution is 6.31. The van der Waals surface area contributed by atoms with Crippen molar-refractivity contribution in [2.24, 2.45) is 5.73 Å². The van der Waals surface area contributed by atoms with Gasteiger partial charge in [0.05, 0.1) is 6.54 Å². The molecule has 1 unspecified atom stereocenters. The van der Waals surface area contributed by atoms with Crippen LogP contribution in [0.5, 0.6) is 0 Å². The van der Waals surface area contributed by atoms with Gasteiger partial charge in [0.2, 0.25) is 0 Å². The first-order chi connectivity index (χ1) is 9.33. The van der Waals surface area contributed by atoms with E-state index in [4.69, 9.17) is 17.3 Å². The van der Waals surface area contributed by atoms with Gasteiger partial charge in [0.15, 0.2) is 5.60 Å². The number of carbonyl (C=O) groups excluding carboxylic acids is 2. The van der Waals surface area contributed by atoms with Crippen LogP contribution in [0.4, 0.5) is 0 Å². The van der Waals surface area contributed by atoms with E-state index < -0.39 is 11.5 Å². The molecule has 2 amide bonds. The molecular formula is C14H17ClN2O3. The van der Waals surface area contributed by atoms with Crippen molar-refractivity contribution in [2.45, 2.75) is 25.4 Å². The van der Waals surface area contributed by atoms with E-state index in [1.807, 2.05) is 6.92 Å². The fraction of sp³-hybridized carbons (Fsp3) is 0.429. The first kappa shape index (κ1) is 14.8. The van der Waals surface area contributed by atoms with Crippen LogP contribution in [0.25, 0.3) is 0 Å². The fourth-order valence-corrected chi connectivity index (χ4v) is 2.58. The molecule has 2 rings (SSSR count). The van der Waals surface area contributed by atoms with Gasteiger partial charge in [-0.25, -0.2) is 0 Å². The highest BCUT2D eigenvalue weighted by Crippen LogP contribution is 2.24. The maximum Gasteiger partial charge on any atom is 0.254 e. The monoisotopic (exact) mass is 296 g/mol. The second-order valence-electron chi connectivity index (χ2n) is 5.19. The molecule has 0 aliphatic carbocycles. The average Bonchev–Trinajstić information content (AvgIpc) is 2.40. The topological polar surface area (TPSA) is 83.6 Å². The summed E-state index contributed by atoms with van der Waals surface area (Å²) in [6.07, 6.45) is 0.811. The number of benzene rings is 1. The van der Waals surface area contributed by atoms with Crippen molar-refractivity contribution in [1.29, 1.82) is 0 Å². The van der Waals surface area contributed by atoms with Crippen LogP contribution in [0.2, 0.25) is 5.02 Å². The summed E-state index contributed by atoms with van der Waals surface area (Å²) < 4.78 is 0. The SMILES string of the molecule is Cc1ccc(Cl)cc1C(=O)N1CCCC(O)(C(N)=O)C1. The molecular weight excluding hydrogens is 280 g/mol. The van der Waals surface area contributed by atoms with Crippen LogP contribution in [-0.2, 0) is 4.79 Å². The van der Waals surface area contributed by atoms with Crippen LogP contribution >= 0.6 is 11.6 Å². The highest BCUT2D eigenvalue weighted by Gasteiger charge is 2.40. The molecule has 0 aromatic heterocycles. The fourth-order valence-electron chi connectivity index (χ4n) is 2.41. The van der Waals surface area contributed by atoms with Gasteiger partial charge in [0.25, 0.3) is 11.8 Å². The lowest BCUT2D eigenvalue weighted by molar-refractivity contribution is -0.140. The lowest BCUT2D eigenvalue weighted by Gasteiger charge is -2.37. The third-order valence-electron chi connectivity index (χ3n) is 3.65. The molecule has 0 bridgehead atoms. The Morgan fingerprint density at radius 1 is 1.45 bits per heavy atom. The molecule has 108 valence electrons. The molecule has 0 saturated carbocycles. The normalized spacial score (nSPS) is 22.6. The number of halogens is 1. The molecule has 0 radical (unpaired) electrons. The molecule has 5 nitrogen and oxygen atoms in total. The zero-order chi connectivity index (χ0) is 14.9. The Kier molecular flexibility index (Phi) is 4.01. The van der Waals surface area contributed by atoms with Gasteiger partial charge in [0.1, 0.15) is 0 Å². The molecule has 1 aromatic carbocycles. The van der Waals surface area contributed by atoms with Crippen LogP contribution in [0.3, 0.4) is 0 Å². The maximum atomic E-state index is 12.5. The standard InChI is InChI=1S/C14H17ClN2O3/c1-9-3-4-10(15)7-11(9)12(18)17-6-2-5-14(20,8-17)13(16)19/h3-4,7,20H,2,5-6,8H2,1H3,(H2,16,19). The van der Waals surface area contributed by atoms with Crippen LogP contribution in [-0.4, -0.2) is 40.5 Å². The number of nitrogens with zero attached hydrogens (tertiary/aromatic N) is 1. The summed E-state index contributed by atoms with van der Waals surface area (Å²) in [5.41, 5.74) is 4.85. The van der Waals surface area contributed by atoms with Gasteiger partial charge in [-0.2, -0.15) is 0 Å². The van der Waals surface area contributed by atoms with Gasteiger partial charge in [-0.3, -0.25) is 9.59 Å². The lowest BCUT2D eigenvalue weighted by atomic mass is 9.91. The van der Waals surface area contributed by atoms with Crippen LogP contribution < -0.4 is 5.73 Å². The van der Waals surface area contributed by atoms with E-state index in [9.17, 15) is 14.7 Å². The Labute approximate surface area is 122 Å². The van der Waals surface area contributed by atoms with E-state index >= 15 is 0 Å². The number of piperidine rings is 1. The Balaban J connectivity index is 2.25. The molecule has 0 spiro atoms. The molecule has 1 atom stereocenters. The molecule has 1 heterocycles. The first-order valence-electron chi connectivity index (χ1n) is 6.41. The molecule has 1 aromatic rings. The molecule has 1 aliphatic rings. The molecule has 6 heteroatoms. The van der Waals surface area contributed by atoms with Crippen LogP contribution in [0.15, 0.2) is 18.2 Å². The van der Waals surface area contributed by atoms with Gasteiger partial charge in [0, 0.05) is 17.1 Å². The summed E-state index contributed by atoms with van der Waals surface area (Å²) in [6, 6.07) is 5.07. The van der Waals surface area contributed by atoms with Gasteiger partial charge in [-0.1, -0.05) is 17.7 Å². The van der Waals surface area contributed by atoms with Crippen molar-refractivity contribution in [1.82, 2.24) is 4.90 Å². The van der Waals surface area contributed by atoms with Crippen molar-refractivity contribution < 1.29 is 14.7 Å². The number of aryl methyl sites for hydroxylation is 1. The Morgan fingerprint density at radius 3 is 2.80 bits per heavy atom. The second-order valence-corrected chi connectivity index (χ2v) is 5.62. The Morgan fingerprint density at radius 2 is 2.15 bits per heavy atom. The van der Waals surface area contributed by atoms with Gasteiger partial charge in [-0.05, 0) is 37.5 Å². The Hall–Kier alpha value is -1.59. The molecule has 1 saturated heterocycles. The van der Waals surface area contributed by atoms with Crippen molar-refractivity contribution in [3.05, 3.63) is 34.3 Å². The number of primary amides is 1. The molecule has 1 fully saturated rings. The lowest BCUT2D eigenvalue weighted by Crippen LogP contribution is -2.57. The first-order valence-corrected chi connectivity index (χ1v) is 6.79. The number of hydrogen-bond acceptors (Lipinski definition) is 3. The van der Waals surface area contributed by atoms with E-state index in [1.54, 1.807) is 18.2 Å². The number of aliphatic hydroxyl groups is 1. The number of β-amino-alcohol motifs (C(OH)–C–C–N with tert-alkyl or cyclic N) is 1. The van der Waals surface area contributed by atoms with Crippen LogP contribution in [0.1, 0.15) is 28.8 Å². The summed E-state index contributed by atoms with van der Waals surface area (Å²) in [7, 11) is 0. The van der Waals surface area contributed by atoms with Gasteiger partial charge >= 0.3 is 0 Å². The van der Waals surface area contributed by atoms with E-state index in [0.717, 1.165) is 5.56 Å². The zero-order valence-electron chi connectivity index (χ0n) is 11.2. The van der Waals surface area contributed by atoms with E-state index in [2.05, 4.69) is 0 Å². The van der Waals surface area contributed by atoms with Gasteiger partial charge in [-0.15, -0.1) is 0 Å². The largest absolute Gasteiger partial charge is 0.378 e. The minimum absolute atomic E-state index is 0.0763. The second kappa shape index (κ2) is 5.42. The van der Waals surface area contributed by atoms with Crippen molar-refractivity contribution >= 4 is 23.4 Å². The molecule has 20 heavy (non-hydrogen) atoms. The predicted molar refractivity (Wildman–Crippen MR) is 75.5 cm³/mol. The summed E-state index contributed by atoms with van der Waals surface area (Å²) in [5.74, 6) is -1.04. The van der Waals surface area contributed by atoms with Crippen LogP contribution in [0, 0.1) is 6.92 Å². The quantitative estimate of drug-likeness (QED) is 0.857. The Bertz CT molecular complexity index is 561. The number of amides is 2. The average molecular weight is 297 g/mol. The van der Waals surface area contributed by atoms with E-state index in [1.165, 1.54) is 4.90 Å². The summed E-state index contributed by atoms with van der Waals surface area (Å²) >= 11 is 5.91. The predicted octanol–water partition coefficient (Wildman–Crippen LogP) is 1.10. The molecule has 3 N–H and O–H groups in total. The summed E-state index contributed by atoms with van der Waals surface area (Å²) in [6.45, 7) is 2.22. The van der Waals surface area contributed by atoms with E-state index in [0.29, 0.717) is 23.6 Å².